The van der Waals surface area contributed by atoms with E-state index in [0.717, 1.165) is 17.7 Å². The highest BCUT2D eigenvalue weighted by Gasteiger charge is 2.46. The van der Waals surface area contributed by atoms with Crippen molar-refractivity contribution in [1.29, 1.82) is 0 Å². The van der Waals surface area contributed by atoms with Crippen molar-refractivity contribution in [3.8, 4) is 0 Å². The smallest absolute Gasteiger partial charge is 0.354 e. The zero-order valence-electron chi connectivity index (χ0n) is 20.0. The molecular weight excluding hydrogens is 422 g/mol. The molecule has 1 fully saturated rings. The quantitative estimate of drug-likeness (QED) is 0.289. The predicted octanol–water partition coefficient (Wildman–Crippen LogP) is 3.10. The first-order valence-corrected chi connectivity index (χ1v) is 10.9. The Morgan fingerprint density at radius 2 is 1.79 bits per heavy atom. The van der Waals surface area contributed by atoms with Gasteiger partial charge in [0.1, 0.15) is 11.5 Å². The number of hydrogen-bond donors (Lipinski definition) is 2. The van der Waals surface area contributed by atoms with Crippen molar-refractivity contribution in [3.63, 3.8) is 0 Å². The molecule has 2 aromatic rings. The molecule has 8 nitrogen and oxygen atoms in total. The van der Waals surface area contributed by atoms with Crippen LogP contribution in [0.15, 0.2) is 29.8 Å². The van der Waals surface area contributed by atoms with Gasteiger partial charge in [-0.3, -0.25) is 9.59 Å². The van der Waals surface area contributed by atoms with E-state index in [1.54, 1.807) is 13.8 Å². The Balaban J connectivity index is 2.17. The first kappa shape index (κ1) is 24.3. The molecule has 1 amide bonds. The van der Waals surface area contributed by atoms with Gasteiger partial charge < -0.3 is 24.6 Å². The number of methoxy groups -OCH3 is 1. The summed E-state index contributed by atoms with van der Waals surface area (Å²) in [5.74, 6) is -2.24. The summed E-state index contributed by atoms with van der Waals surface area (Å²) in [5.41, 5.74) is 3.30. The second kappa shape index (κ2) is 9.62. The Bertz CT molecular complexity index is 1110. The molecule has 1 aromatic heterocycles. The largest absolute Gasteiger partial charge is 0.507 e. The molecule has 0 spiro atoms. The van der Waals surface area contributed by atoms with Crippen molar-refractivity contribution in [2.45, 2.75) is 33.2 Å². The number of carbonyl (C=O) groups is 3. The summed E-state index contributed by atoms with van der Waals surface area (Å²) in [6.07, 6.45) is 0.678. The van der Waals surface area contributed by atoms with Crippen LogP contribution in [0.2, 0.25) is 0 Å². The lowest BCUT2D eigenvalue weighted by Crippen LogP contribution is -2.32. The Morgan fingerprint density at radius 3 is 2.36 bits per heavy atom. The van der Waals surface area contributed by atoms with Crippen molar-refractivity contribution in [2.24, 2.45) is 0 Å². The number of aromatic amines is 1. The molecule has 8 heteroatoms. The molecule has 2 heterocycles. The number of hydrogen-bond acceptors (Lipinski definition) is 6. The lowest BCUT2D eigenvalue weighted by Gasteiger charge is -2.26. The van der Waals surface area contributed by atoms with Gasteiger partial charge in [0, 0.05) is 17.8 Å². The van der Waals surface area contributed by atoms with Gasteiger partial charge in [-0.25, -0.2) is 4.79 Å². The molecule has 2 N–H and O–H groups in total. The van der Waals surface area contributed by atoms with Gasteiger partial charge >= 0.3 is 5.97 Å². The minimum atomic E-state index is -0.734. The highest BCUT2D eigenvalue weighted by atomic mass is 16.5. The second-order valence-corrected chi connectivity index (χ2v) is 8.68. The van der Waals surface area contributed by atoms with Crippen molar-refractivity contribution < 1.29 is 24.2 Å². The number of aromatic nitrogens is 1. The third-order valence-electron chi connectivity index (χ3n) is 6.00. The van der Waals surface area contributed by atoms with E-state index < -0.39 is 23.7 Å². The maximum Gasteiger partial charge on any atom is 0.354 e. The molecule has 1 saturated heterocycles. The Morgan fingerprint density at radius 1 is 1.15 bits per heavy atom. The van der Waals surface area contributed by atoms with Crippen LogP contribution >= 0.6 is 0 Å². The second-order valence-electron chi connectivity index (χ2n) is 8.68. The van der Waals surface area contributed by atoms with E-state index in [2.05, 4.69) is 4.98 Å². The van der Waals surface area contributed by atoms with Gasteiger partial charge in [-0.2, -0.15) is 0 Å². The number of benzene rings is 1. The molecule has 33 heavy (non-hydrogen) atoms. The first-order chi connectivity index (χ1) is 15.6. The third kappa shape index (κ3) is 4.57. The number of aryl methyl sites for hydroxylation is 2. The summed E-state index contributed by atoms with van der Waals surface area (Å²) < 4.78 is 4.81. The molecule has 0 saturated carbocycles. The number of amides is 1. The fourth-order valence-corrected chi connectivity index (χ4v) is 4.31. The first-order valence-electron chi connectivity index (χ1n) is 10.9. The van der Waals surface area contributed by atoms with Crippen LogP contribution in [-0.2, 0) is 14.3 Å². The summed E-state index contributed by atoms with van der Waals surface area (Å²) in [6.45, 7) is 6.44. The summed E-state index contributed by atoms with van der Waals surface area (Å²) in [5, 5.41) is 11.4. The summed E-state index contributed by atoms with van der Waals surface area (Å²) in [7, 11) is 5.16. The fraction of sp³-hybridized carbons (Fsp3) is 0.400. The van der Waals surface area contributed by atoms with Gasteiger partial charge in [-0.15, -0.1) is 0 Å². The normalized spacial score (nSPS) is 17.8. The van der Waals surface area contributed by atoms with E-state index in [4.69, 9.17) is 4.74 Å². The lowest BCUT2D eigenvalue weighted by molar-refractivity contribution is -0.139. The molecule has 1 aromatic carbocycles. The lowest BCUT2D eigenvalue weighted by atomic mass is 9.93. The number of rotatable bonds is 7. The van der Waals surface area contributed by atoms with Gasteiger partial charge in [0.05, 0.1) is 18.7 Å². The molecule has 3 rings (SSSR count). The van der Waals surface area contributed by atoms with Crippen molar-refractivity contribution in [2.75, 3.05) is 34.3 Å². The van der Waals surface area contributed by atoms with Gasteiger partial charge in [0.25, 0.3) is 11.7 Å². The number of Topliss-reactive ketones (excluding diaryl/α,β-unsaturated/α-hetero) is 1. The predicted molar refractivity (Wildman–Crippen MR) is 125 cm³/mol. The molecule has 0 bridgehead atoms. The molecule has 1 aliphatic rings. The maximum atomic E-state index is 13.2. The van der Waals surface area contributed by atoms with Crippen molar-refractivity contribution in [3.05, 3.63) is 63.5 Å². The van der Waals surface area contributed by atoms with Crippen LogP contribution in [0, 0.1) is 20.8 Å². The summed E-state index contributed by atoms with van der Waals surface area (Å²) >= 11 is 0. The van der Waals surface area contributed by atoms with Crippen LogP contribution in [0.25, 0.3) is 5.76 Å². The molecule has 176 valence electrons. The van der Waals surface area contributed by atoms with E-state index in [1.165, 1.54) is 12.0 Å². The fourth-order valence-electron chi connectivity index (χ4n) is 4.31. The Hall–Kier alpha value is -3.39. The molecule has 1 atom stereocenters. The maximum absolute atomic E-state index is 13.2. The van der Waals surface area contributed by atoms with Gasteiger partial charge in [0.15, 0.2) is 0 Å². The Kier molecular flexibility index (Phi) is 7.07. The van der Waals surface area contributed by atoms with Crippen LogP contribution in [0.5, 0.6) is 0 Å². The SMILES string of the molecule is COC(=O)c1[nH]c(C)c(/C(O)=C2/C(=O)C(=O)N(CCCN(C)C)C2c2ccc(C)cc2)c1C. The number of aliphatic hydroxyl groups excluding tert-OH is 1. The molecule has 1 aliphatic heterocycles. The van der Waals surface area contributed by atoms with Crippen LogP contribution < -0.4 is 0 Å². The van der Waals surface area contributed by atoms with Crippen LogP contribution in [0.4, 0.5) is 0 Å². The highest BCUT2D eigenvalue weighted by Crippen LogP contribution is 2.41. The van der Waals surface area contributed by atoms with Crippen LogP contribution in [0.1, 0.15) is 50.9 Å². The minimum absolute atomic E-state index is 0.0234. The summed E-state index contributed by atoms with van der Waals surface area (Å²) in [4.78, 5) is 44.8. The number of H-pyrrole nitrogens is 1. The number of nitrogens with zero attached hydrogens (tertiary/aromatic N) is 2. The number of ether oxygens (including phenoxy) is 1. The van der Waals surface area contributed by atoms with E-state index >= 15 is 0 Å². The number of aliphatic hydroxyl groups is 1. The minimum Gasteiger partial charge on any atom is -0.507 e. The average Bonchev–Trinajstić information content (AvgIpc) is 3.20. The Labute approximate surface area is 193 Å². The van der Waals surface area contributed by atoms with Crippen LogP contribution in [0.3, 0.4) is 0 Å². The third-order valence-corrected chi connectivity index (χ3v) is 6.00. The molecule has 0 aliphatic carbocycles. The van der Waals surface area contributed by atoms with Gasteiger partial charge in [0.2, 0.25) is 0 Å². The zero-order valence-corrected chi connectivity index (χ0v) is 20.0. The highest BCUT2D eigenvalue weighted by molar-refractivity contribution is 6.46. The average molecular weight is 454 g/mol. The zero-order chi connectivity index (χ0) is 24.4. The summed E-state index contributed by atoms with van der Waals surface area (Å²) in [6, 6.07) is 6.85. The van der Waals surface area contributed by atoms with E-state index in [1.807, 2.05) is 50.2 Å². The molecule has 0 radical (unpaired) electrons. The number of esters is 1. The molecular formula is C25H31N3O5. The van der Waals surface area contributed by atoms with E-state index in [0.29, 0.717) is 29.8 Å². The topological polar surface area (TPSA) is 103 Å². The molecule has 1 unspecified atom stereocenters. The number of ketones is 1. The number of nitrogens with one attached hydrogen (secondary N) is 1. The van der Waals surface area contributed by atoms with E-state index in [9.17, 15) is 19.5 Å². The number of likely N-dealkylation sites (tertiary alicyclic amines) is 1. The van der Waals surface area contributed by atoms with Crippen molar-refractivity contribution in [1.82, 2.24) is 14.8 Å². The van der Waals surface area contributed by atoms with Gasteiger partial charge in [-0.1, -0.05) is 29.8 Å². The standard InChI is InChI=1S/C25H31N3O5/c1-14-8-10-17(11-9-14)21-19(23(30)24(31)28(21)13-7-12-27(4)5)22(29)18-15(2)20(25(32)33-6)26-16(18)3/h8-11,21,26,29H,7,12-13H2,1-6H3/b22-19-. The monoisotopic (exact) mass is 453 g/mol. The van der Waals surface area contributed by atoms with Crippen LogP contribution in [-0.4, -0.2) is 71.8 Å². The van der Waals surface area contributed by atoms with Gasteiger partial charge in [-0.05, 0) is 59.0 Å². The van der Waals surface area contributed by atoms with E-state index in [-0.39, 0.29) is 17.0 Å². The van der Waals surface area contributed by atoms with Crippen molar-refractivity contribution >= 4 is 23.4 Å². The number of carbonyl (C=O) groups excluding carboxylic acids is 3.